The molecule has 2 aliphatic heterocycles. The van der Waals surface area contributed by atoms with Gasteiger partial charge in [0.15, 0.2) is 0 Å². The number of nitrogens with two attached hydrogens (primary N) is 1. The summed E-state index contributed by atoms with van der Waals surface area (Å²) in [5.41, 5.74) is 7.03. The fourth-order valence-corrected chi connectivity index (χ4v) is 7.31. The zero-order valence-corrected chi connectivity index (χ0v) is 19.2. The average molecular weight is 483 g/mol. The average Bonchev–Trinajstić information content (AvgIpc) is 3.23. The van der Waals surface area contributed by atoms with Crippen molar-refractivity contribution in [3.63, 3.8) is 0 Å². The number of nitrogens with zero attached hydrogens (tertiary/aromatic N) is 3. The van der Waals surface area contributed by atoms with Crippen LogP contribution in [0.15, 0.2) is 42.6 Å². The van der Waals surface area contributed by atoms with Gasteiger partial charge in [-0.25, -0.2) is 9.37 Å². The van der Waals surface area contributed by atoms with E-state index in [9.17, 15) is 17.4 Å². The Bertz CT molecular complexity index is 1030. The first-order chi connectivity index (χ1) is 15.4. The van der Waals surface area contributed by atoms with Crippen LogP contribution in [0.4, 0.5) is 4.39 Å². The predicted octanol–water partition coefficient (Wildman–Crippen LogP) is 1.23. The van der Waals surface area contributed by atoms with E-state index in [0.29, 0.717) is 35.9 Å². The number of benzene rings is 1. The maximum absolute atomic E-state index is 14.5. The maximum atomic E-state index is 14.5. The molecule has 0 unspecified atom stereocenters. The molecule has 1 aromatic carbocycles. The van der Waals surface area contributed by atoms with E-state index in [1.165, 1.54) is 14.7 Å². The van der Waals surface area contributed by atoms with Gasteiger partial charge in [0, 0.05) is 31.3 Å². The molecule has 3 heterocycles. The molecule has 2 atom stereocenters. The standard InChI is InChI=1S/C21H27FN4O4S2/c22-20-4-2-1-3-19(20)17-12-18(15-30-21-11-16(13-23)5-6-24-21)26(14-17)32(28,29)25-7-9-31(27)10-8-25/h1-6,11,17-18H,7-10,12-15,23H2/t17-,18-/m0/s1. The molecule has 0 spiro atoms. The highest BCUT2D eigenvalue weighted by Gasteiger charge is 2.44. The topological polar surface area (TPSA) is 112 Å². The summed E-state index contributed by atoms with van der Waals surface area (Å²) < 4.78 is 61.7. The molecule has 8 nitrogen and oxygen atoms in total. The molecule has 11 heteroatoms. The number of pyridine rings is 1. The van der Waals surface area contributed by atoms with Crippen molar-refractivity contribution < 1.29 is 22.1 Å². The highest BCUT2D eigenvalue weighted by Crippen LogP contribution is 2.36. The second-order valence-electron chi connectivity index (χ2n) is 7.95. The molecule has 2 aliphatic rings. The molecule has 0 radical (unpaired) electrons. The van der Waals surface area contributed by atoms with Crippen molar-refractivity contribution in [3.05, 3.63) is 59.5 Å². The minimum absolute atomic E-state index is 0.0883. The first-order valence-corrected chi connectivity index (χ1v) is 13.4. The lowest BCUT2D eigenvalue weighted by molar-refractivity contribution is 0.218. The van der Waals surface area contributed by atoms with Gasteiger partial charge in [-0.2, -0.15) is 17.0 Å². The highest BCUT2D eigenvalue weighted by atomic mass is 32.2. The minimum Gasteiger partial charge on any atom is -0.616 e. The Hall–Kier alpha value is -1.76. The Balaban J connectivity index is 1.56. The summed E-state index contributed by atoms with van der Waals surface area (Å²) in [5, 5.41) is 0. The lowest BCUT2D eigenvalue weighted by Crippen LogP contribution is -2.52. The van der Waals surface area contributed by atoms with Crippen molar-refractivity contribution in [2.45, 2.75) is 24.9 Å². The van der Waals surface area contributed by atoms with E-state index in [1.807, 2.05) is 0 Å². The Morgan fingerprint density at radius 1 is 1.25 bits per heavy atom. The fraction of sp³-hybridized carbons (Fsp3) is 0.476. The Morgan fingerprint density at radius 3 is 2.72 bits per heavy atom. The monoisotopic (exact) mass is 482 g/mol. The molecule has 174 valence electrons. The SMILES string of the molecule is NCc1ccnc(OC[C@@H]2C[C@H](c3ccccc3F)CN2S(=O)(=O)N2CC[S+]([O-])CC2)c1. The van der Waals surface area contributed by atoms with Gasteiger partial charge in [-0.3, -0.25) is 0 Å². The van der Waals surface area contributed by atoms with Gasteiger partial charge in [-0.1, -0.05) is 29.4 Å². The number of rotatable bonds is 7. The molecule has 0 aliphatic carbocycles. The Morgan fingerprint density at radius 2 is 2.00 bits per heavy atom. The lowest BCUT2D eigenvalue weighted by Gasteiger charge is -2.33. The van der Waals surface area contributed by atoms with Crippen LogP contribution in [0.1, 0.15) is 23.5 Å². The lowest BCUT2D eigenvalue weighted by atomic mass is 9.96. The van der Waals surface area contributed by atoms with Crippen LogP contribution in [0.5, 0.6) is 5.88 Å². The van der Waals surface area contributed by atoms with Crippen LogP contribution in [0.3, 0.4) is 0 Å². The van der Waals surface area contributed by atoms with Crippen LogP contribution < -0.4 is 10.5 Å². The van der Waals surface area contributed by atoms with Crippen molar-refractivity contribution in [2.24, 2.45) is 5.73 Å². The van der Waals surface area contributed by atoms with E-state index in [0.717, 1.165) is 5.56 Å². The quantitative estimate of drug-likeness (QED) is 0.594. The van der Waals surface area contributed by atoms with Crippen LogP contribution in [-0.2, 0) is 27.9 Å². The molecule has 4 rings (SSSR count). The van der Waals surface area contributed by atoms with Crippen molar-refractivity contribution in [3.8, 4) is 5.88 Å². The minimum atomic E-state index is -3.82. The molecule has 2 N–H and O–H groups in total. The number of hydrogen-bond acceptors (Lipinski definition) is 6. The molecular weight excluding hydrogens is 455 g/mol. The zero-order valence-electron chi connectivity index (χ0n) is 17.6. The van der Waals surface area contributed by atoms with Crippen molar-refractivity contribution in [1.29, 1.82) is 0 Å². The summed E-state index contributed by atoms with van der Waals surface area (Å²) in [6, 6.07) is 9.48. The van der Waals surface area contributed by atoms with Gasteiger partial charge >= 0.3 is 0 Å². The van der Waals surface area contributed by atoms with Crippen molar-refractivity contribution in [2.75, 3.05) is 37.7 Å². The van der Waals surface area contributed by atoms with Crippen LogP contribution in [0.25, 0.3) is 0 Å². The maximum Gasteiger partial charge on any atom is 0.282 e. The smallest absolute Gasteiger partial charge is 0.282 e. The predicted molar refractivity (Wildman–Crippen MR) is 120 cm³/mol. The third-order valence-corrected chi connectivity index (χ3v) is 9.26. The molecule has 0 amide bonds. The van der Waals surface area contributed by atoms with E-state index in [-0.39, 0.29) is 38.0 Å². The Kier molecular flexibility index (Phi) is 7.33. The van der Waals surface area contributed by atoms with Crippen molar-refractivity contribution >= 4 is 21.4 Å². The van der Waals surface area contributed by atoms with Crippen LogP contribution in [0.2, 0.25) is 0 Å². The summed E-state index contributed by atoms with van der Waals surface area (Å²) in [5.74, 6) is 0.374. The second-order valence-corrected chi connectivity index (χ2v) is 11.5. The molecule has 2 saturated heterocycles. The van der Waals surface area contributed by atoms with E-state index < -0.39 is 27.4 Å². The van der Waals surface area contributed by atoms with Crippen LogP contribution in [-0.4, -0.2) is 70.4 Å². The number of hydrogen-bond donors (Lipinski definition) is 1. The van der Waals surface area contributed by atoms with Gasteiger partial charge in [-0.05, 0) is 29.7 Å². The third kappa shape index (κ3) is 5.08. The number of aromatic nitrogens is 1. The summed E-state index contributed by atoms with van der Waals surface area (Å²) in [7, 11) is -3.82. The molecule has 2 fully saturated rings. The largest absolute Gasteiger partial charge is 0.616 e. The summed E-state index contributed by atoms with van der Waals surface area (Å²) >= 11 is -0.995. The van der Waals surface area contributed by atoms with Gasteiger partial charge < -0.3 is 15.0 Å². The van der Waals surface area contributed by atoms with Crippen LogP contribution >= 0.6 is 0 Å². The number of halogens is 1. The molecule has 32 heavy (non-hydrogen) atoms. The van der Waals surface area contributed by atoms with Gasteiger partial charge in [0.05, 0.1) is 19.1 Å². The summed E-state index contributed by atoms with van der Waals surface area (Å²) in [4.78, 5) is 4.18. The van der Waals surface area contributed by atoms with Gasteiger partial charge in [0.2, 0.25) is 5.88 Å². The van der Waals surface area contributed by atoms with E-state index >= 15 is 0 Å². The fourth-order valence-electron chi connectivity index (χ4n) is 4.19. The van der Waals surface area contributed by atoms with E-state index in [2.05, 4.69) is 4.98 Å². The molecule has 1 aromatic heterocycles. The first-order valence-electron chi connectivity index (χ1n) is 10.5. The van der Waals surface area contributed by atoms with Gasteiger partial charge in [-0.15, -0.1) is 0 Å². The van der Waals surface area contributed by atoms with E-state index in [1.54, 1.807) is 36.5 Å². The molecule has 0 bridgehead atoms. The summed E-state index contributed by atoms with van der Waals surface area (Å²) in [6.45, 7) is 1.01. The molecule has 2 aromatic rings. The molecule has 0 saturated carbocycles. The van der Waals surface area contributed by atoms with Crippen molar-refractivity contribution in [1.82, 2.24) is 13.6 Å². The highest BCUT2D eigenvalue weighted by molar-refractivity contribution is 7.91. The first kappa shape index (κ1) is 23.4. The third-order valence-electron chi connectivity index (χ3n) is 5.93. The van der Waals surface area contributed by atoms with Gasteiger partial charge in [0.25, 0.3) is 10.2 Å². The number of ether oxygens (including phenoxy) is 1. The second kappa shape index (κ2) is 10.0. The molecular formula is C21H27FN4O4S2. The zero-order chi connectivity index (χ0) is 22.7. The van der Waals surface area contributed by atoms with Gasteiger partial charge in [0.1, 0.15) is 23.9 Å². The normalized spacial score (nSPS) is 23.5. The Labute approximate surface area is 190 Å². The van der Waals surface area contributed by atoms with E-state index in [4.69, 9.17) is 10.5 Å². The summed E-state index contributed by atoms with van der Waals surface area (Å²) in [6.07, 6.45) is 2.02. The van der Waals surface area contributed by atoms with Crippen LogP contribution in [0, 0.1) is 5.82 Å².